The maximum Gasteiger partial charge on any atom is 0.251 e. The minimum absolute atomic E-state index is 0.0297. The van der Waals surface area contributed by atoms with Gasteiger partial charge in [0.15, 0.2) is 0 Å². The Morgan fingerprint density at radius 2 is 2.05 bits per heavy atom. The third-order valence-corrected chi connectivity index (χ3v) is 3.83. The lowest BCUT2D eigenvalue weighted by Crippen LogP contribution is -2.35. The number of hydrogen-bond acceptors (Lipinski definition) is 3. The SMILES string of the molecule is O=C(NCCN1CCCCCC1)c1ccnc(Br)c1. The smallest absolute Gasteiger partial charge is 0.251 e. The molecule has 1 fully saturated rings. The Morgan fingerprint density at radius 3 is 2.74 bits per heavy atom. The topological polar surface area (TPSA) is 45.2 Å². The number of rotatable bonds is 4. The van der Waals surface area contributed by atoms with Crippen LogP contribution in [-0.4, -0.2) is 42.0 Å². The molecule has 5 heteroatoms. The molecule has 4 nitrogen and oxygen atoms in total. The number of nitrogens with one attached hydrogen (secondary N) is 1. The van der Waals surface area contributed by atoms with Gasteiger partial charge in [-0.3, -0.25) is 4.79 Å². The summed E-state index contributed by atoms with van der Waals surface area (Å²) in [5.41, 5.74) is 0.651. The fourth-order valence-electron chi connectivity index (χ4n) is 2.33. The molecule has 0 aromatic carbocycles. The molecule has 1 aromatic rings. The number of carbonyl (C=O) groups is 1. The number of nitrogens with zero attached hydrogens (tertiary/aromatic N) is 2. The van der Waals surface area contributed by atoms with Crippen LogP contribution in [0.15, 0.2) is 22.9 Å². The van der Waals surface area contributed by atoms with E-state index in [1.54, 1.807) is 18.3 Å². The number of carbonyl (C=O) groups excluding carboxylic acids is 1. The van der Waals surface area contributed by atoms with E-state index in [1.165, 1.54) is 25.7 Å². The second-order valence-electron chi connectivity index (χ2n) is 4.88. The maximum atomic E-state index is 11.9. The zero-order valence-corrected chi connectivity index (χ0v) is 12.7. The number of amides is 1. The van der Waals surface area contributed by atoms with E-state index < -0.39 is 0 Å². The molecule has 1 amide bonds. The van der Waals surface area contributed by atoms with Crippen LogP contribution in [-0.2, 0) is 0 Å². The lowest BCUT2D eigenvalue weighted by atomic mass is 10.2. The van der Waals surface area contributed by atoms with Crippen LogP contribution in [0.25, 0.3) is 0 Å². The first-order valence-electron chi connectivity index (χ1n) is 6.88. The Bertz CT molecular complexity index is 417. The van der Waals surface area contributed by atoms with Gasteiger partial charge in [0.05, 0.1) is 0 Å². The number of likely N-dealkylation sites (tertiary alicyclic amines) is 1. The number of hydrogen-bond donors (Lipinski definition) is 1. The van der Waals surface area contributed by atoms with Crippen molar-refractivity contribution in [2.45, 2.75) is 25.7 Å². The molecule has 0 unspecified atom stereocenters. The van der Waals surface area contributed by atoms with E-state index in [9.17, 15) is 4.79 Å². The molecule has 104 valence electrons. The lowest BCUT2D eigenvalue weighted by Gasteiger charge is -2.19. The Kier molecular flexibility index (Phi) is 5.79. The molecule has 0 aliphatic carbocycles. The summed E-state index contributed by atoms with van der Waals surface area (Å²) in [6, 6.07) is 3.47. The molecule has 0 radical (unpaired) electrons. The lowest BCUT2D eigenvalue weighted by molar-refractivity contribution is 0.0948. The van der Waals surface area contributed by atoms with Crippen molar-refractivity contribution < 1.29 is 4.79 Å². The first-order chi connectivity index (χ1) is 9.25. The van der Waals surface area contributed by atoms with Crippen molar-refractivity contribution in [3.63, 3.8) is 0 Å². The summed E-state index contributed by atoms with van der Waals surface area (Å²) in [5.74, 6) is -0.0297. The van der Waals surface area contributed by atoms with Gasteiger partial charge < -0.3 is 10.2 Å². The number of aromatic nitrogens is 1. The molecule has 1 aliphatic heterocycles. The van der Waals surface area contributed by atoms with Crippen molar-refractivity contribution in [1.29, 1.82) is 0 Å². The Labute approximate surface area is 122 Å². The molecule has 2 heterocycles. The Morgan fingerprint density at radius 1 is 1.32 bits per heavy atom. The molecule has 1 saturated heterocycles. The summed E-state index contributed by atoms with van der Waals surface area (Å²) in [6.07, 6.45) is 6.88. The predicted octanol–water partition coefficient (Wildman–Crippen LogP) is 2.45. The van der Waals surface area contributed by atoms with Gasteiger partial charge in [0.1, 0.15) is 4.60 Å². The summed E-state index contributed by atoms with van der Waals surface area (Å²) in [4.78, 5) is 18.4. The third-order valence-electron chi connectivity index (χ3n) is 3.40. The highest BCUT2D eigenvalue weighted by molar-refractivity contribution is 9.10. The molecule has 19 heavy (non-hydrogen) atoms. The van der Waals surface area contributed by atoms with E-state index in [1.807, 2.05) is 0 Å². The van der Waals surface area contributed by atoms with Crippen molar-refractivity contribution in [1.82, 2.24) is 15.2 Å². The fraction of sp³-hybridized carbons (Fsp3) is 0.571. The van der Waals surface area contributed by atoms with Crippen molar-refractivity contribution >= 4 is 21.8 Å². The first-order valence-corrected chi connectivity index (χ1v) is 7.67. The van der Waals surface area contributed by atoms with Gasteiger partial charge in [0.25, 0.3) is 5.91 Å². The number of pyridine rings is 1. The molecule has 0 bridgehead atoms. The van der Waals surface area contributed by atoms with Gasteiger partial charge in [0, 0.05) is 24.8 Å². The summed E-state index contributed by atoms with van der Waals surface area (Å²) in [7, 11) is 0. The molecule has 1 aliphatic rings. The van der Waals surface area contributed by atoms with Crippen LogP contribution in [0.3, 0.4) is 0 Å². The van der Waals surface area contributed by atoms with Crippen LogP contribution in [0.1, 0.15) is 36.0 Å². The van der Waals surface area contributed by atoms with Crippen LogP contribution in [0.2, 0.25) is 0 Å². The quantitative estimate of drug-likeness (QED) is 0.865. The van der Waals surface area contributed by atoms with Gasteiger partial charge in [-0.05, 0) is 54.0 Å². The molecule has 0 saturated carbocycles. The van der Waals surface area contributed by atoms with E-state index >= 15 is 0 Å². The molecular weight excluding hydrogens is 306 g/mol. The molecule has 2 rings (SSSR count). The van der Waals surface area contributed by atoms with Crippen LogP contribution in [0.4, 0.5) is 0 Å². The highest BCUT2D eigenvalue weighted by atomic mass is 79.9. The third kappa shape index (κ3) is 4.91. The molecule has 1 N–H and O–H groups in total. The Balaban J connectivity index is 1.74. The highest BCUT2D eigenvalue weighted by Gasteiger charge is 2.10. The van der Waals surface area contributed by atoms with E-state index in [0.29, 0.717) is 16.7 Å². The van der Waals surface area contributed by atoms with Gasteiger partial charge >= 0.3 is 0 Å². The maximum absolute atomic E-state index is 11.9. The molecular formula is C14H20BrN3O. The van der Waals surface area contributed by atoms with Gasteiger partial charge in [-0.2, -0.15) is 0 Å². The van der Waals surface area contributed by atoms with Crippen LogP contribution in [0, 0.1) is 0 Å². The normalized spacial score (nSPS) is 16.9. The van der Waals surface area contributed by atoms with Gasteiger partial charge in [0.2, 0.25) is 0 Å². The highest BCUT2D eigenvalue weighted by Crippen LogP contribution is 2.09. The van der Waals surface area contributed by atoms with Crippen molar-refractivity contribution in [2.75, 3.05) is 26.2 Å². The van der Waals surface area contributed by atoms with Gasteiger partial charge in [-0.1, -0.05) is 12.8 Å². The summed E-state index contributed by atoms with van der Waals surface area (Å²) < 4.78 is 0.688. The van der Waals surface area contributed by atoms with Gasteiger partial charge in [-0.25, -0.2) is 4.98 Å². The van der Waals surface area contributed by atoms with E-state index in [2.05, 4.69) is 31.1 Å². The van der Waals surface area contributed by atoms with E-state index in [0.717, 1.165) is 19.6 Å². The summed E-state index contributed by atoms with van der Waals surface area (Å²) in [6.45, 7) is 3.98. The minimum Gasteiger partial charge on any atom is -0.351 e. The van der Waals surface area contributed by atoms with Crippen molar-refractivity contribution in [3.8, 4) is 0 Å². The number of halogens is 1. The second-order valence-corrected chi connectivity index (χ2v) is 5.69. The summed E-state index contributed by atoms with van der Waals surface area (Å²) >= 11 is 3.27. The Hall–Kier alpha value is -0.940. The van der Waals surface area contributed by atoms with Crippen LogP contribution >= 0.6 is 15.9 Å². The first kappa shape index (κ1) is 14.5. The summed E-state index contributed by atoms with van der Waals surface area (Å²) in [5, 5.41) is 2.96. The van der Waals surface area contributed by atoms with Crippen molar-refractivity contribution in [3.05, 3.63) is 28.5 Å². The van der Waals surface area contributed by atoms with Crippen LogP contribution in [0.5, 0.6) is 0 Å². The van der Waals surface area contributed by atoms with Crippen LogP contribution < -0.4 is 5.32 Å². The largest absolute Gasteiger partial charge is 0.351 e. The zero-order chi connectivity index (χ0) is 13.5. The van der Waals surface area contributed by atoms with E-state index in [4.69, 9.17) is 0 Å². The minimum atomic E-state index is -0.0297. The zero-order valence-electron chi connectivity index (χ0n) is 11.1. The molecule has 0 spiro atoms. The van der Waals surface area contributed by atoms with E-state index in [-0.39, 0.29) is 5.91 Å². The van der Waals surface area contributed by atoms with Gasteiger partial charge in [-0.15, -0.1) is 0 Å². The average molecular weight is 326 g/mol. The molecule has 0 atom stereocenters. The molecule has 1 aromatic heterocycles. The fourth-order valence-corrected chi connectivity index (χ4v) is 2.70. The second kappa shape index (κ2) is 7.60. The standard InChI is InChI=1S/C14H20BrN3O/c15-13-11-12(5-6-16-13)14(19)17-7-10-18-8-3-1-2-4-9-18/h5-6,11H,1-4,7-10H2,(H,17,19). The predicted molar refractivity (Wildman–Crippen MR) is 79.2 cm³/mol. The van der Waals surface area contributed by atoms with Crippen molar-refractivity contribution in [2.24, 2.45) is 0 Å². The monoisotopic (exact) mass is 325 g/mol. The average Bonchev–Trinajstić information content (AvgIpc) is 2.67.